The molecule has 4 amide bonds. The van der Waals surface area contributed by atoms with Crippen LogP contribution in [0.3, 0.4) is 0 Å². The summed E-state index contributed by atoms with van der Waals surface area (Å²) in [6.45, 7) is 1.20. The standard InChI is InChI=1S/C49H50N8O6/c50-45-43-41(32-12-3-1-4-13-32)44(33-14-5-2-6-15-33)55(46(43)53-29-56(45)34-19-21-35(58)22-20-34)28-31-11-7-10-30(26-31)27-52-39(59)18-9-25-51-37-17-8-16-36-42(37)49(63)57(48(36)62)38-23-24-40(60)54-47(38)61/h1-8,10-17,26,29,34-35,38,49-51,58,63H,9,18-25,27-28H2,(H,52,59)(H,54,60,61). The second-order valence-electron chi connectivity index (χ2n) is 16.7. The van der Waals surface area contributed by atoms with Gasteiger partial charge in [0.25, 0.3) is 5.91 Å². The lowest BCUT2D eigenvalue weighted by Crippen LogP contribution is -2.53. The highest BCUT2D eigenvalue weighted by Crippen LogP contribution is 2.41. The van der Waals surface area contributed by atoms with E-state index in [9.17, 15) is 34.8 Å². The Labute approximate surface area is 364 Å². The van der Waals surface area contributed by atoms with Crippen LogP contribution in [0.5, 0.6) is 0 Å². The predicted octanol–water partition coefficient (Wildman–Crippen LogP) is 5.94. The van der Waals surface area contributed by atoms with Gasteiger partial charge in [-0.15, -0.1) is 0 Å². The number of hydrogen-bond donors (Lipinski definition) is 6. The van der Waals surface area contributed by atoms with Gasteiger partial charge in [0.2, 0.25) is 17.7 Å². The summed E-state index contributed by atoms with van der Waals surface area (Å²) in [4.78, 5) is 56.8. The summed E-state index contributed by atoms with van der Waals surface area (Å²) < 4.78 is 4.19. The van der Waals surface area contributed by atoms with E-state index in [1.54, 1.807) is 24.5 Å². The van der Waals surface area contributed by atoms with E-state index < -0.39 is 30.0 Å². The molecule has 2 unspecified atom stereocenters. The molecule has 0 bridgehead atoms. The van der Waals surface area contributed by atoms with Gasteiger partial charge in [-0.05, 0) is 72.9 Å². The predicted molar refractivity (Wildman–Crippen MR) is 237 cm³/mol. The largest absolute Gasteiger partial charge is 0.393 e. The monoisotopic (exact) mass is 846 g/mol. The van der Waals surface area contributed by atoms with Crippen molar-refractivity contribution in [1.29, 1.82) is 5.41 Å². The molecule has 2 aromatic heterocycles. The number of amides is 4. The minimum absolute atomic E-state index is 0.0820. The Hall–Kier alpha value is -6.90. The number of aliphatic hydroxyl groups excluding tert-OH is 2. The lowest BCUT2D eigenvalue weighted by Gasteiger charge is -2.32. The number of carbonyl (C=O) groups excluding carboxylic acids is 4. The van der Waals surface area contributed by atoms with Crippen molar-refractivity contribution >= 4 is 40.3 Å². The van der Waals surface area contributed by atoms with E-state index in [0.29, 0.717) is 61.3 Å². The van der Waals surface area contributed by atoms with Gasteiger partial charge in [-0.1, -0.05) is 91.0 Å². The van der Waals surface area contributed by atoms with E-state index in [4.69, 9.17) is 4.98 Å². The molecule has 4 heterocycles. The average Bonchev–Trinajstić information content (AvgIpc) is 3.76. The van der Waals surface area contributed by atoms with Crippen LogP contribution in [0, 0.1) is 5.41 Å². The van der Waals surface area contributed by atoms with Crippen molar-refractivity contribution in [3.8, 4) is 22.4 Å². The van der Waals surface area contributed by atoms with Crippen LogP contribution in [0.1, 0.15) is 90.7 Å². The van der Waals surface area contributed by atoms with E-state index in [1.807, 2.05) is 53.1 Å². The molecule has 6 aromatic rings. The lowest BCUT2D eigenvalue weighted by atomic mass is 9.93. The van der Waals surface area contributed by atoms with Crippen LogP contribution >= 0.6 is 0 Å². The Bertz CT molecular complexity index is 2760. The van der Waals surface area contributed by atoms with Gasteiger partial charge >= 0.3 is 0 Å². The number of nitrogens with zero attached hydrogens (tertiary/aromatic N) is 4. The first kappa shape index (κ1) is 41.5. The molecule has 9 rings (SSSR count). The topological polar surface area (TPSA) is 195 Å². The number of nitrogens with one attached hydrogen (secondary N) is 4. The minimum Gasteiger partial charge on any atom is -0.393 e. The van der Waals surface area contributed by atoms with Gasteiger partial charge in [-0.3, -0.25) is 34.8 Å². The number of anilines is 1. The first-order valence-electron chi connectivity index (χ1n) is 21.7. The highest BCUT2D eigenvalue weighted by Gasteiger charge is 2.45. The number of aliphatic hydroxyl groups is 2. The van der Waals surface area contributed by atoms with Gasteiger partial charge in [-0.25, -0.2) is 4.98 Å². The van der Waals surface area contributed by atoms with E-state index in [-0.39, 0.29) is 42.9 Å². The molecular weight excluding hydrogens is 797 g/mol. The number of hydrogen-bond acceptors (Lipinski definition) is 9. The van der Waals surface area contributed by atoms with E-state index in [2.05, 4.69) is 56.9 Å². The summed E-state index contributed by atoms with van der Waals surface area (Å²) in [7, 11) is 0. The molecule has 2 atom stereocenters. The molecule has 1 aliphatic carbocycles. The van der Waals surface area contributed by atoms with E-state index in [1.165, 1.54) is 0 Å². The fourth-order valence-corrected chi connectivity index (χ4v) is 9.43. The van der Waals surface area contributed by atoms with Crippen molar-refractivity contribution in [1.82, 2.24) is 29.7 Å². The third-order valence-electron chi connectivity index (χ3n) is 12.6. The Kier molecular flexibility index (Phi) is 11.7. The molecule has 322 valence electrons. The maximum Gasteiger partial charge on any atom is 0.257 e. The number of imide groups is 1. The zero-order valence-corrected chi connectivity index (χ0v) is 34.8. The summed E-state index contributed by atoms with van der Waals surface area (Å²) in [6, 6.07) is 32.7. The van der Waals surface area contributed by atoms with Gasteiger partial charge in [0.15, 0.2) is 6.23 Å². The molecule has 3 aliphatic rings. The Morgan fingerprint density at radius 3 is 2.30 bits per heavy atom. The molecule has 63 heavy (non-hydrogen) atoms. The van der Waals surface area contributed by atoms with Gasteiger partial charge in [0, 0.05) is 60.9 Å². The third-order valence-corrected chi connectivity index (χ3v) is 12.6. The van der Waals surface area contributed by atoms with Crippen molar-refractivity contribution < 1.29 is 29.4 Å². The van der Waals surface area contributed by atoms with Crippen LogP contribution in [0.4, 0.5) is 5.69 Å². The Morgan fingerprint density at radius 2 is 1.56 bits per heavy atom. The fraction of sp³-hybridized carbons (Fsp3) is 0.306. The first-order chi connectivity index (χ1) is 30.7. The Balaban J connectivity index is 0.895. The van der Waals surface area contributed by atoms with Crippen LogP contribution in [0.25, 0.3) is 33.4 Å². The summed E-state index contributed by atoms with van der Waals surface area (Å²) in [5.74, 6) is -1.60. The van der Waals surface area contributed by atoms with Crippen LogP contribution in [0.15, 0.2) is 109 Å². The maximum atomic E-state index is 13.3. The normalized spacial score (nSPS) is 19.8. The smallest absolute Gasteiger partial charge is 0.257 e. The first-order valence-corrected chi connectivity index (χ1v) is 21.7. The molecule has 0 radical (unpaired) electrons. The molecule has 2 fully saturated rings. The average molecular weight is 847 g/mol. The Morgan fingerprint density at radius 1 is 0.841 bits per heavy atom. The SMILES string of the molecule is N=c1c2c(-c3ccccc3)c(-c3ccccc3)n(Cc3cccc(CNC(=O)CCCNc4cccc5c4C(O)N(C4CCC(=O)NC4=O)C5=O)c3)c2ncn1C1CCC(O)CC1. The molecule has 1 saturated carbocycles. The van der Waals surface area contributed by atoms with Crippen LogP contribution in [-0.2, 0) is 27.5 Å². The quantitative estimate of drug-likeness (QED) is 0.0608. The second-order valence-corrected chi connectivity index (χ2v) is 16.7. The maximum absolute atomic E-state index is 13.3. The van der Waals surface area contributed by atoms with Crippen molar-refractivity contribution in [3.05, 3.63) is 137 Å². The van der Waals surface area contributed by atoms with Crippen molar-refractivity contribution in [3.63, 3.8) is 0 Å². The highest BCUT2D eigenvalue weighted by molar-refractivity contribution is 6.06. The number of aromatic nitrogens is 3. The number of fused-ring (bicyclic) bond motifs is 2. The van der Waals surface area contributed by atoms with Gasteiger partial charge < -0.3 is 30.0 Å². The van der Waals surface area contributed by atoms with Crippen LogP contribution < -0.4 is 21.4 Å². The number of benzene rings is 4. The van der Waals surface area contributed by atoms with Crippen molar-refractivity contribution in [2.75, 3.05) is 11.9 Å². The molecular formula is C49H50N8O6. The van der Waals surface area contributed by atoms with Gasteiger partial charge in [0.1, 0.15) is 17.2 Å². The molecule has 6 N–H and O–H groups in total. The number of rotatable bonds is 13. The van der Waals surface area contributed by atoms with Crippen molar-refractivity contribution in [2.24, 2.45) is 0 Å². The minimum atomic E-state index is -1.35. The molecule has 14 heteroatoms. The zero-order valence-electron chi connectivity index (χ0n) is 34.8. The van der Waals surface area contributed by atoms with Crippen LogP contribution in [0.2, 0.25) is 0 Å². The highest BCUT2D eigenvalue weighted by atomic mass is 16.3. The second kappa shape index (κ2) is 17.8. The van der Waals surface area contributed by atoms with E-state index in [0.717, 1.165) is 56.6 Å². The summed E-state index contributed by atoms with van der Waals surface area (Å²) in [5.41, 5.74) is 8.19. The molecule has 14 nitrogen and oxygen atoms in total. The van der Waals surface area contributed by atoms with Gasteiger partial charge in [-0.2, -0.15) is 0 Å². The summed E-state index contributed by atoms with van der Waals surface area (Å²) in [6.07, 6.45) is 4.06. The fourth-order valence-electron chi connectivity index (χ4n) is 9.43. The lowest BCUT2D eigenvalue weighted by molar-refractivity contribution is -0.139. The zero-order chi connectivity index (χ0) is 43.6. The van der Waals surface area contributed by atoms with Crippen molar-refractivity contribution in [2.45, 2.75) is 88.9 Å². The van der Waals surface area contributed by atoms with Crippen LogP contribution in [-0.4, -0.2) is 71.6 Å². The third kappa shape index (κ3) is 8.27. The van der Waals surface area contributed by atoms with E-state index >= 15 is 0 Å². The molecule has 2 aliphatic heterocycles. The summed E-state index contributed by atoms with van der Waals surface area (Å²) >= 11 is 0. The molecule has 1 saturated heterocycles. The molecule has 4 aromatic carbocycles. The number of carbonyl (C=O) groups is 4. The van der Waals surface area contributed by atoms with Gasteiger partial charge in [0.05, 0.1) is 23.5 Å². The number of piperidine rings is 1. The molecule has 0 spiro atoms. The summed E-state index contributed by atoms with van der Waals surface area (Å²) in [5, 5.41) is 40.4.